The van der Waals surface area contributed by atoms with Crippen molar-refractivity contribution >= 4 is 6.16 Å². The second-order valence-corrected chi connectivity index (χ2v) is 12.5. The highest BCUT2D eigenvalue weighted by Gasteiger charge is 2.59. The Hall–Kier alpha value is -2.11. The molecule has 3 saturated carbocycles. The molecular weight excluding hydrogens is 464 g/mol. The molecule has 0 saturated heterocycles. The number of fused-ring (bicyclic) bond motifs is 5. The standard InChI is InChI=1S/C32H46O5/c1-8-32(35,9-2)21(4)11-10-20(3)25-14-15-26-24-13-12-22-18-23(33)19-28(37-29(34)36-7)31(22,6)27(24)16-17-30(25,26)5/h8-13,20-21,23,25-28,33,35H,1-2,14-19H2,3-7H3/b11-10+/t20-,21+,23-,25-,26+,27+,28+,30-,31+/m1/s1. The van der Waals surface area contributed by atoms with Gasteiger partial charge in [-0.15, -0.1) is 0 Å². The van der Waals surface area contributed by atoms with Crippen LogP contribution >= 0.6 is 0 Å². The molecule has 37 heavy (non-hydrogen) atoms. The molecular formula is C32H46O5. The second kappa shape index (κ2) is 10.2. The summed E-state index contributed by atoms with van der Waals surface area (Å²) >= 11 is 0. The van der Waals surface area contributed by atoms with Crippen molar-refractivity contribution in [3.05, 3.63) is 60.8 Å². The van der Waals surface area contributed by atoms with Crippen molar-refractivity contribution in [3.63, 3.8) is 0 Å². The molecule has 0 heterocycles. The zero-order valence-electron chi connectivity index (χ0n) is 23.3. The molecule has 4 aliphatic rings. The Bertz CT molecular complexity index is 999. The number of aliphatic hydroxyl groups excluding tert-OH is 1. The van der Waals surface area contributed by atoms with E-state index in [4.69, 9.17) is 9.47 Å². The number of ether oxygens (including phenoxy) is 2. The third-order valence-corrected chi connectivity index (χ3v) is 10.8. The fourth-order valence-corrected chi connectivity index (χ4v) is 8.35. The first kappa shape index (κ1) is 27.9. The van der Waals surface area contributed by atoms with E-state index in [0.717, 1.165) is 19.3 Å². The Morgan fingerprint density at radius 2 is 1.84 bits per heavy atom. The summed E-state index contributed by atoms with van der Waals surface area (Å²) in [6, 6.07) is 0. The van der Waals surface area contributed by atoms with E-state index in [0.29, 0.717) is 36.5 Å². The van der Waals surface area contributed by atoms with Gasteiger partial charge in [-0.2, -0.15) is 0 Å². The number of rotatable bonds is 7. The van der Waals surface area contributed by atoms with Crippen LogP contribution in [-0.2, 0) is 9.47 Å². The molecule has 2 N–H and O–H groups in total. The van der Waals surface area contributed by atoms with Crippen LogP contribution in [0.15, 0.2) is 60.8 Å². The first-order valence-electron chi connectivity index (χ1n) is 14.0. The zero-order valence-corrected chi connectivity index (χ0v) is 23.3. The molecule has 0 aromatic rings. The van der Waals surface area contributed by atoms with Gasteiger partial charge in [-0.25, -0.2) is 4.79 Å². The summed E-state index contributed by atoms with van der Waals surface area (Å²) < 4.78 is 10.6. The summed E-state index contributed by atoms with van der Waals surface area (Å²) in [5, 5.41) is 21.3. The molecule has 4 aliphatic carbocycles. The van der Waals surface area contributed by atoms with E-state index in [1.807, 2.05) is 6.92 Å². The van der Waals surface area contributed by atoms with E-state index in [1.54, 1.807) is 12.2 Å². The van der Waals surface area contributed by atoms with Crippen LogP contribution in [0.2, 0.25) is 0 Å². The van der Waals surface area contributed by atoms with Crippen molar-refractivity contribution in [2.24, 2.45) is 40.4 Å². The van der Waals surface area contributed by atoms with E-state index in [1.165, 1.54) is 24.7 Å². The van der Waals surface area contributed by atoms with Crippen molar-refractivity contribution in [1.82, 2.24) is 0 Å². The molecule has 0 aliphatic heterocycles. The Kier molecular flexibility index (Phi) is 7.71. The number of aliphatic hydroxyl groups is 2. The number of carbonyl (C=O) groups is 1. The van der Waals surface area contributed by atoms with Gasteiger partial charge in [0.15, 0.2) is 0 Å². The third-order valence-electron chi connectivity index (χ3n) is 10.8. The summed E-state index contributed by atoms with van der Waals surface area (Å²) in [5.41, 5.74) is 1.46. The van der Waals surface area contributed by atoms with Crippen LogP contribution < -0.4 is 0 Å². The number of allylic oxidation sites excluding steroid dienone is 4. The molecule has 5 nitrogen and oxygen atoms in total. The first-order chi connectivity index (χ1) is 17.4. The first-order valence-corrected chi connectivity index (χ1v) is 14.0. The average molecular weight is 511 g/mol. The fourth-order valence-electron chi connectivity index (χ4n) is 8.35. The number of hydrogen-bond acceptors (Lipinski definition) is 5. The molecule has 0 spiro atoms. The summed E-state index contributed by atoms with van der Waals surface area (Å²) in [5.74, 6) is 1.63. The SMILES string of the molecule is C=CC(O)(C=C)[C@@H](C)/C=C/[C@@H](C)[C@H]1CC[C@H]2C3=CC=C4C[C@@H](O)C[C@H](OC(=O)OC)[C@]4(C)[C@H]3CC[C@]12C. The minimum Gasteiger partial charge on any atom is -0.438 e. The van der Waals surface area contributed by atoms with Gasteiger partial charge in [-0.05, 0) is 61.2 Å². The third kappa shape index (κ3) is 4.57. The lowest BCUT2D eigenvalue weighted by atomic mass is 9.49. The maximum absolute atomic E-state index is 12.1. The smallest absolute Gasteiger partial charge is 0.438 e. The Labute approximate surface area is 223 Å². The van der Waals surface area contributed by atoms with Gasteiger partial charge in [0.05, 0.1) is 13.2 Å². The van der Waals surface area contributed by atoms with Crippen LogP contribution in [-0.4, -0.2) is 41.3 Å². The lowest BCUT2D eigenvalue weighted by Gasteiger charge is -2.56. The molecule has 9 atom stereocenters. The van der Waals surface area contributed by atoms with Crippen molar-refractivity contribution in [2.45, 2.75) is 84.0 Å². The minimum absolute atomic E-state index is 0.0938. The van der Waals surface area contributed by atoms with Gasteiger partial charge < -0.3 is 19.7 Å². The lowest BCUT2D eigenvalue weighted by molar-refractivity contribution is -0.0760. The van der Waals surface area contributed by atoms with E-state index >= 15 is 0 Å². The predicted octanol–water partition coefficient (Wildman–Crippen LogP) is 6.54. The molecule has 0 bridgehead atoms. The average Bonchev–Trinajstić information content (AvgIpc) is 3.24. The lowest BCUT2D eigenvalue weighted by Crippen LogP contribution is -2.53. The summed E-state index contributed by atoms with van der Waals surface area (Å²) in [4.78, 5) is 12.1. The highest BCUT2D eigenvalue weighted by molar-refractivity contribution is 5.60. The highest BCUT2D eigenvalue weighted by Crippen LogP contribution is 2.66. The zero-order chi connectivity index (χ0) is 27.2. The molecule has 0 aromatic carbocycles. The Morgan fingerprint density at radius 1 is 1.14 bits per heavy atom. The molecule has 0 radical (unpaired) electrons. The van der Waals surface area contributed by atoms with Crippen LogP contribution in [0.1, 0.15) is 66.2 Å². The van der Waals surface area contributed by atoms with Gasteiger partial charge in [0, 0.05) is 17.8 Å². The minimum atomic E-state index is -1.10. The summed E-state index contributed by atoms with van der Waals surface area (Å²) in [6.45, 7) is 16.6. The monoisotopic (exact) mass is 510 g/mol. The van der Waals surface area contributed by atoms with Crippen LogP contribution in [0.5, 0.6) is 0 Å². The van der Waals surface area contributed by atoms with Crippen molar-refractivity contribution in [3.8, 4) is 0 Å². The van der Waals surface area contributed by atoms with Gasteiger partial charge in [0.25, 0.3) is 0 Å². The summed E-state index contributed by atoms with van der Waals surface area (Å²) in [6.07, 6.45) is 16.0. The van der Waals surface area contributed by atoms with Gasteiger partial charge in [0.1, 0.15) is 11.7 Å². The molecule has 4 rings (SSSR count). The molecule has 3 fully saturated rings. The molecule has 0 unspecified atom stereocenters. The van der Waals surface area contributed by atoms with Gasteiger partial charge in [-0.1, -0.05) is 88.5 Å². The molecule has 0 amide bonds. The fraction of sp³-hybridized carbons (Fsp3) is 0.656. The number of methoxy groups -OCH3 is 1. The van der Waals surface area contributed by atoms with Gasteiger partial charge >= 0.3 is 6.16 Å². The quantitative estimate of drug-likeness (QED) is 0.300. The number of carbonyl (C=O) groups excluding carboxylic acids is 1. The largest absolute Gasteiger partial charge is 0.508 e. The van der Waals surface area contributed by atoms with Crippen LogP contribution in [0.4, 0.5) is 4.79 Å². The molecule has 0 aromatic heterocycles. The topological polar surface area (TPSA) is 76.0 Å². The highest BCUT2D eigenvalue weighted by atomic mass is 16.7. The maximum atomic E-state index is 12.1. The molecule has 204 valence electrons. The van der Waals surface area contributed by atoms with E-state index in [2.05, 4.69) is 58.2 Å². The van der Waals surface area contributed by atoms with E-state index < -0.39 is 24.0 Å². The molecule has 5 heteroatoms. The predicted molar refractivity (Wildman–Crippen MR) is 147 cm³/mol. The van der Waals surface area contributed by atoms with E-state index in [-0.39, 0.29) is 16.7 Å². The van der Waals surface area contributed by atoms with Crippen molar-refractivity contribution in [1.29, 1.82) is 0 Å². The Morgan fingerprint density at radius 3 is 2.49 bits per heavy atom. The van der Waals surface area contributed by atoms with Crippen molar-refractivity contribution < 1.29 is 24.5 Å². The van der Waals surface area contributed by atoms with Gasteiger partial charge in [-0.3, -0.25) is 0 Å². The number of hydrogen-bond donors (Lipinski definition) is 2. The van der Waals surface area contributed by atoms with E-state index in [9.17, 15) is 15.0 Å². The van der Waals surface area contributed by atoms with Crippen LogP contribution in [0, 0.1) is 40.4 Å². The Balaban J connectivity index is 1.58. The van der Waals surface area contributed by atoms with Crippen LogP contribution in [0.3, 0.4) is 0 Å². The summed E-state index contributed by atoms with van der Waals surface area (Å²) in [7, 11) is 1.34. The maximum Gasteiger partial charge on any atom is 0.508 e. The second-order valence-electron chi connectivity index (χ2n) is 12.5. The van der Waals surface area contributed by atoms with Gasteiger partial charge in [0.2, 0.25) is 0 Å². The normalized spacial score (nSPS) is 38.8. The van der Waals surface area contributed by atoms with Crippen molar-refractivity contribution in [2.75, 3.05) is 7.11 Å². The van der Waals surface area contributed by atoms with Crippen LogP contribution in [0.25, 0.3) is 0 Å².